The quantitative estimate of drug-likeness (QED) is 0.331. The molecule has 148 valence electrons. The number of hydrogen-bond acceptors (Lipinski definition) is 8. The molecule has 11 heteroatoms. The van der Waals surface area contributed by atoms with Crippen LogP contribution in [0.5, 0.6) is 0 Å². The number of thioether (sulfide) groups is 1. The van der Waals surface area contributed by atoms with Crippen LogP contribution in [0.3, 0.4) is 0 Å². The van der Waals surface area contributed by atoms with Crippen LogP contribution >= 0.6 is 34.4 Å². The second kappa shape index (κ2) is 7.24. The number of thiophene rings is 2. The number of nitriles is 1. The predicted molar refractivity (Wildman–Crippen MR) is 118 cm³/mol. The first-order valence-electron chi connectivity index (χ1n) is 8.72. The van der Waals surface area contributed by atoms with Gasteiger partial charge in [-0.1, -0.05) is 17.8 Å². The summed E-state index contributed by atoms with van der Waals surface area (Å²) in [6, 6.07) is 7.37. The van der Waals surface area contributed by atoms with Crippen LogP contribution in [0.25, 0.3) is 26.3 Å². The van der Waals surface area contributed by atoms with Gasteiger partial charge in [0.1, 0.15) is 16.5 Å². The average Bonchev–Trinajstić information content (AvgIpc) is 3.48. The van der Waals surface area contributed by atoms with Crippen molar-refractivity contribution < 1.29 is 0 Å². The summed E-state index contributed by atoms with van der Waals surface area (Å²) >= 11 is 4.36. The fraction of sp³-hybridized carbons (Fsp3) is 0.105. The van der Waals surface area contributed by atoms with Crippen LogP contribution in [0.2, 0.25) is 0 Å². The zero-order chi connectivity index (χ0) is 20.8. The molecule has 0 saturated carbocycles. The Kier molecular flexibility index (Phi) is 4.54. The molecule has 0 saturated heterocycles. The zero-order valence-corrected chi connectivity index (χ0v) is 17.9. The highest BCUT2D eigenvalue weighted by molar-refractivity contribution is 7.98. The Hall–Kier alpha value is -3.20. The molecule has 0 atom stereocenters. The highest BCUT2D eigenvalue weighted by atomic mass is 32.2. The molecule has 0 aliphatic carbocycles. The number of aromatic amines is 1. The van der Waals surface area contributed by atoms with Gasteiger partial charge in [0.25, 0.3) is 11.1 Å². The third-order valence-corrected chi connectivity index (χ3v) is 7.42. The summed E-state index contributed by atoms with van der Waals surface area (Å²) < 4.78 is 2.75. The first kappa shape index (κ1) is 18.8. The number of rotatable bonds is 4. The lowest BCUT2D eigenvalue weighted by Gasteiger charge is -2.07. The molecule has 5 rings (SSSR count). The van der Waals surface area contributed by atoms with Crippen LogP contribution in [0.15, 0.2) is 49.9 Å². The molecule has 5 heterocycles. The zero-order valence-electron chi connectivity index (χ0n) is 15.4. The second-order valence-corrected chi connectivity index (χ2v) is 9.15. The Labute approximate surface area is 181 Å². The van der Waals surface area contributed by atoms with Gasteiger partial charge in [0.2, 0.25) is 0 Å². The molecule has 0 radical (unpaired) electrons. The van der Waals surface area contributed by atoms with Crippen molar-refractivity contribution in [2.75, 3.05) is 0 Å². The van der Waals surface area contributed by atoms with Crippen molar-refractivity contribution in [3.63, 3.8) is 0 Å². The van der Waals surface area contributed by atoms with Gasteiger partial charge in [-0.3, -0.25) is 19.3 Å². The molecule has 0 amide bonds. The molecule has 0 fully saturated rings. The highest BCUT2D eigenvalue weighted by Gasteiger charge is 2.17. The topological polar surface area (TPSA) is 109 Å². The largest absolute Gasteiger partial charge is 0.295 e. The first-order valence-corrected chi connectivity index (χ1v) is 11.5. The molecule has 5 aromatic rings. The van der Waals surface area contributed by atoms with Crippen molar-refractivity contribution in [1.82, 2.24) is 24.1 Å². The van der Waals surface area contributed by atoms with Gasteiger partial charge >= 0.3 is 0 Å². The molecule has 0 aliphatic rings. The van der Waals surface area contributed by atoms with Crippen LogP contribution < -0.4 is 11.1 Å². The van der Waals surface area contributed by atoms with Crippen molar-refractivity contribution in [2.45, 2.75) is 10.9 Å². The Morgan fingerprint density at radius 1 is 1.30 bits per heavy atom. The summed E-state index contributed by atoms with van der Waals surface area (Å²) in [5.74, 6) is 0.344. The number of aromatic nitrogens is 5. The molecule has 0 unspecified atom stereocenters. The van der Waals surface area contributed by atoms with E-state index in [0.29, 0.717) is 32.4 Å². The van der Waals surface area contributed by atoms with Gasteiger partial charge in [-0.15, -0.1) is 22.7 Å². The molecular weight excluding hydrogens is 440 g/mol. The Balaban J connectivity index is 1.52. The van der Waals surface area contributed by atoms with E-state index in [1.54, 1.807) is 18.4 Å². The minimum atomic E-state index is -0.298. The molecular formula is C19H12N6O2S3. The molecule has 30 heavy (non-hydrogen) atoms. The smallest absolute Gasteiger partial charge is 0.272 e. The summed E-state index contributed by atoms with van der Waals surface area (Å²) in [6.07, 6.45) is 1.45. The normalized spacial score (nSPS) is 11.3. The van der Waals surface area contributed by atoms with Gasteiger partial charge in [0, 0.05) is 40.9 Å². The lowest BCUT2D eigenvalue weighted by molar-refractivity contribution is 0.728. The van der Waals surface area contributed by atoms with Gasteiger partial charge in [-0.2, -0.15) is 5.26 Å². The minimum Gasteiger partial charge on any atom is -0.295 e. The van der Waals surface area contributed by atoms with Crippen molar-refractivity contribution in [3.05, 3.63) is 67.1 Å². The van der Waals surface area contributed by atoms with Gasteiger partial charge in [-0.25, -0.2) is 14.5 Å². The predicted octanol–water partition coefficient (Wildman–Crippen LogP) is 3.22. The summed E-state index contributed by atoms with van der Waals surface area (Å²) in [5.41, 5.74) is 1.61. The minimum absolute atomic E-state index is 0.104. The molecule has 0 aliphatic heterocycles. The lowest BCUT2D eigenvalue weighted by Crippen LogP contribution is -2.20. The molecule has 1 N–H and O–H groups in total. The van der Waals surface area contributed by atoms with E-state index in [1.807, 2.05) is 29.0 Å². The molecule has 5 aromatic heterocycles. The number of fused-ring (bicyclic) bond motifs is 2. The van der Waals surface area contributed by atoms with Crippen LogP contribution in [-0.4, -0.2) is 24.1 Å². The van der Waals surface area contributed by atoms with Crippen molar-refractivity contribution in [3.8, 4) is 16.5 Å². The van der Waals surface area contributed by atoms with E-state index >= 15 is 0 Å². The lowest BCUT2D eigenvalue weighted by atomic mass is 10.2. The van der Waals surface area contributed by atoms with E-state index in [9.17, 15) is 14.9 Å². The van der Waals surface area contributed by atoms with Crippen molar-refractivity contribution in [2.24, 2.45) is 7.05 Å². The maximum atomic E-state index is 13.0. The number of hydrogen-bond donors (Lipinski definition) is 1. The Bertz CT molecular complexity index is 1570. The summed E-state index contributed by atoms with van der Waals surface area (Å²) in [6.45, 7) is 0. The monoisotopic (exact) mass is 452 g/mol. The maximum Gasteiger partial charge on any atom is 0.272 e. The third-order valence-electron chi connectivity index (χ3n) is 4.58. The molecule has 8 nitrogen and oxygen atoms in total. The Morgan fingerprint density at radius 3 is 2.93 bits per heavy atom. The number of H-pyrrole nitrogens is 1. The fourth-order valence-corrected chi connectivity index (χ4v) is 5.79. The van der Waals surface area contributed by atoms with E-state index in [-0.39, 0.29) is 16.8 Å². The van der Waals surface area contributed by atoms with E-state index in [1.165, 1.54) is 44.4 Å². The summed E-state index contributed by atoms with van der Waals surface area (Å²) in [7, 11) is 1.69. The van der Waals surface area contributed by atoms with E-state index in [2.05, 4.69) is 15.1 Å². The molecule has 0 bridgehead atoms. The Morgan fingerprint density at radius 2 is 2.17 bits per heavy atom. The van der Waals surface area contributed by atoms with Crippen LogP contribution in [0.1, 0.15) is 11.3 Å². The number of nitrogens with one attached hydrogen (secondary N) is 1. The average molecular weight is 453 g/mol. The third kappa shape index (κ3) is 2.97. The van der Waals surface area contributed by atoms with Crippen LogP contribution in [0.4, 0.5) is 0 Å². The van der Waals surface area contributed by atoms with E-state index in [0.717, 1.165) is 10.4 Å². The first-order chi connectivity index (χ1) is 14.6. The van der Waals surface area contributed by atoms with E-state index in [4.69, 9.17) is 0 Å². The van der Waals surface area contributed by atoms with Gasteiger partial charge in [0.15, 0.2) is 10.8 Å². The summed E-state index contributed by atoms with van der Waals surface area (Å²) in [4.78, 5) is 36.1. The van der Waals surface area contributed by atoms with Gasteiger partial charge in [-0.05, 0) is 11.4 Å². The van der Waals surface area contributed by atoms with Crippen LogP contribution in [0, 0.1) is 11.3 Å². The highest BCUT2D eigenvalue weighted by Crippen LogP contribution is 2.34. The standard InChI is InChI=1S/C19H12N6O2S3/c1-24-18(27)15-12(13-3-2-4-28-13)9-29-17(15)23-19(24)30-8-11-5-14(26)25-16(22-11)10(6-20)7-21-25/h2-5,7,9,21H,8H2,1H3. The van der Waals surface area contributed by atoms with Gasteiger partial charge < -0.3 is 0 Å². The second-order valence-electron chi connectivity index (χ2n) is 6.40. The van der Waals surface area contributed by atoms with Gasteiger partial charge in [0.05, 0.1) is 11.1 Å². The van der Waals surface area contributed by atoms with Crippen molar-refractivity contribution in [1.29, 1.82) is 5.26 Å². The maximum absolute atomic E-state index is 13.0. The SMILES string of the molecule is Cn1c(SCc2cc(=O)n3[nH]cc(C#N)c3n2)nc2scc(-c3cccs3)c2c1=O. The fourth-order valence-electron chi connectivity index (χ4n) is 3.12. The molecule has 0 spiro atoms. The van der Waals surface area contributed by atoms with Crippen molar-refractivity contribution >= 4 is 50.3 Å². The summed E-state index contributed by atoms with van der Waals surface area (Å²) in [5, 5.41) is 17.0. The number of nitrogens with zero attached hydrogens (tertiary/aromatic N) is 5. The van der Waals surface area contributed by atoms with E-state index < -0.39 is 0 Å². The van der Waals surface area contributed by atoms with Crippen LogP contribution in [-0.2, 0) is 12.8 Å². The molecule has 0 aromatic carbocycles.